The van der Waals surface area contributed by atoms with Gasteiger partial charge in [0.15, 0.2) is 0 Å². The van der Waals surface area contributed by atoms with Gasteiger partial charge >= 0.3 is 0 Å². The third-order valence-corrected chi connectivity index (χ3v) is 4.34. The lowest BCUT2D eigenvalue weighted by Gasteiger charge is -2.30. The first-order valence-corrected chi connectivity index (χ1v) is 7.13. The fraction of sp³-hybridized carbons (Fsp3) is 0.200. The molecule has 2 N–H and O–H groups in total. The summed E-state index contributed by atoms with van der Waals surface area (Å²) in [6.45, 7) is 0. The van der Waals surface area contributed by atoms with E-state index < -0.39 is 6.04 Å². The highest BCUT2D eigenvalue weighted by Gasteiger charge is 2.28. The van der Waals surface area contributed by atoms with Crippen LogP contribution in [0.2, 0.25) is 0 Å². The molecule has 2 atom stereocenters. The fourth-order valence-corrected chi connectivity index (χ4v) is 3.21. The van der Waals surface area contributed by atoms with Crippen molar-refractivity contribution in [3.05, 3.63) is 59.9 Å². The maximum absolute atomic E-state index is 13.7. The van der Waals surface area contributed by atoms with Gasteiger partial charge in [0.05, 0.1) is 6.04 Å². The van der Waals surface area contributed by atoms with E-state index in [1.54, 1.807) is 30.0 Å². The van der Waals surface area contributed by atoms with Crippen LogP contribution < -0.4 is 10.5 Å². The lowest BCUT2D eigenvalue weighted by molar-refractivity contribution is 0.183. The Kier molecular flexibility index (Phi) is 3.44. The highest BCUT2D eigenvalue weighted by molar-refractivity contribution is 7.99. The highest BCUT2D eigenvalue weighted by atomic mass is 32.2. The quantitative estimate of drug-likeness (QED) is 0.912. The molecule has 0 spiro atoms. The van der Waals surface area contributed by atoms with Crippen molar-refractivity contribution in [2.75, 3.05) is 5.75 Å². The molecule has 0 amide bonds. The minimum absolute atomic E-state index is 0.211. The van der Waals surface area contributed by atoms with Crippen molar-refractivity contribution in [2.24, 2.45) is 5.73 Å². The molecular formula is C15H14FNOS. The van der Waals surface area contributed by atoms with Gasteiger partial charge in [0, 0.05) is 16.2 Å². The molecule has 2 unspecified atom stereocenters. The number of rotatable bonds is 2. The summed E-state index contributed by atoms with van der Waals surface area (Å²) >= 11 is 1.70. The SMILES string of the molecule is NC(c1ccccc1F)C1CSc2ccccc2O1. The van der Waals surface area contributed by atoms with Crippen LogP contribution in [0.3, 0.4) is 0 Å². The number of thioether (sulfide) groups is 1. The maximum Gasteiger partial charge on any atom is 0.133 e. The van der Waals surface area contributed by atoms with Crippen molar-refractivity contribution in [3.63, 3.8) is 0 Å². The third-order valence-electron chi connectivity index (χ3n) is 3.20. The molecule has 1 aliphatic heterocycles. The minimum atomic E-state index is -0.456. The van der Waals surface area contributed by atoms with E-state index in [0.29, 0.717) is 5.56 Å². The Morgan fingerprint density at radius 1 is 1.16 bits per heavy atom. The molecule has 2 aromatic carbocycles. The summed E-state index contributed by atoms with van der Waals surface area (Å²) in [5.41, 5.74) is 6.66. The first-order valence-electron chi connectivity index (χ1n) is 6.14. The van der Waals surface area contributed by atoms with Gasteiger partial charge < -0.3 is 10.5 Å². The topological polar surface area (TPSA) is 35.2 Å². The van der Waals surface area contributed by atoms with Crippen molar-refractivity contribution < 1.29 is 9.13 Å². The molecular weight excluding hydrogens is 261 g/mol. The highest BCUT2D eigenvalue weighted by Crippen LogP contribution is 2.37. The Morgan fingerprint density at radius 3 is 2.74 bits per heavy atom. The van der Waals surface area contributed by atoms with Gasteiger partial charge in [0.2, 0.25) is 0 Å². The van der Waals surface area contributed by atoms with E-state index in [1.807, 2.05) is 24.3 Å². The van der Waals surface area contributed by atoms with Gasteiger partial charge in [-0.05, 0) is 18.2 Å². The number of para-hydroxylation sites is 1. The average Bonchev–Trinajstić information content (AvgIpc) is 2.46. The normalized spacial score (nSPS) is 19.4. The molecule has 0 fully saturated rings. The number of hydrogen-bond acceptors (Lipinski definition) is 3. The summed E-state index contributed by atoms with van der Waals surface area (Å²) in [5, 5.41) is 0. The van der Waals surface area contributed by atoms with Gasteiger partial charge in [0.25, 0.3) is 0 Å². The van der Waals surface area contributed by atoms with E-state index in [0.717, 1.165) is 16.4 Å². The molecule has 1 heterocycles. The lowest BCUT2D eigenvalue weighted by Crippen LogP contribution is -2.35. The second-order valence-electron chi connectivity index (χ2n) is 4.46. The summed E-state index contributed by atoms with van der Waals surface area (Å²) < 4.78 is 19.6. The van der Waals surface area contributed by atoms with Crippen LogP contribution in [0.5, 0.6) is 5.75 Å². The van der Waals surface area contributed by atoms with E-state index in [2.05, 4.69) is 0 Å². The smallest absolute Gasteiger partial charge is 0.133 e. The van der Waals surface area contributed by atoms with E-state index in [-0.39, 0.29) is 11.9 Å². The van der Waals surface area contributed by atoms with Gasteiger partial charge in [-0.25, -0.2) is 4.39 Å². The summed E-state index contributed by atoms with van der Waals surface area (Å²) in [6.07, 6.45) is -0.211. The number of nitrogens with two attached hydrogens (primary N) is 1. The summed E-state index contributed by atoms with van der Waals surface area (Å²) in [7, 11) is 0. The first-order chi connectivity index (χ1) is 9.25. The van der Waals surface area contributed by atoms with E-state index in [4.69, 9.17) is 10.5 Å². The predicted octanol–water partition coefficient (Wildman–Crippen LogP) is 3.38. The zero-order valence-corrected chi connectivity index (χ0v) is 11.1. The standard InChI is InChI=1S/C15H14FNOS/c16-11-6-2-1-5-10(11)15(17)13-9-19-14-8-4-3-7-12(14)18-13/h1-8,13,15H,9,17H2. The Bertz CT molecular complexity index is 590. The summed E-state index contributed by atoms with van der Waals surface area (Å²) in [5.74, 6) is 1.28. The molecule has 0 radical (unpaired) electrons. The van der Waals surface area contributed by atoms with E-state index in [1.165, 1.54) is 6.07 Å². The van der Waals surface area contributed by atoms with Crippen LogP contribution in [0, 0.1) is 5.82 Å². The molecule has 1 aliphatic rings. The zero-order chi connectivity index (χ0) is 13.2. The molecule has 0 saturated carbocycles. The molecule has 0 saturated heterocycles. The lowest BCUT2D eigenvalue weighted by atomic mass is 10.0. The fourth-order valence-electron chi connectivity index (χ4n) is 2.16. The Hall–Kier alpha value is -1.52. The minimum Gasteiger partial charge on any atom is -0.486 e. The van der Waals surface area contributed by atoms with Crippen LogP contribution in [-0.2, 0) is 0 Å². The molecule has 0 bridgehead atoms. The average molecular weight is 275 g/mol. The van der Waals surface area contributed by atoms with E-state index >= 15 is 0 Å². The number of fused-ring (bicyclic) bond motifs is 1. The monoisotopic (exact) mass is 275 g/mol. The largest absolute Gasteiger partial charge is 0.486 e. The summed E-state index contributed by atoms with van der Waals surface area (Å²) in [4.78, 5) is 1.11. The first kappa shape index (κ1) is 12.5. The molecule has 2 aromatic rings. The van der Waals surface area contributed by atoms with Crippen LogP contribution in [0.25, 0.3) is 0 Å². The molecule has 3 rings (SSSR count). The van der Waals surface area contributed by atoms with Gasteiger partial charge in [0.1, 0.15) is 17.7 Å². The molecule has 0 aromatic heterocycles. The molecule has 4 heteroatoms. The van der Waals surface area contributed by atoms with Crippen molar-refractivity contribution in [2.45, 2.75) is 17.0 Å². The maximum atomic E-state index is 13.7. The van der Waals surface area contributed by atoms with Crippen LogP contribution in [-0.4, -0.2) is 11.9 Å². The van der Waals surface area contributed by atoms with Crippen molar-refractivity contribution >= 4 is 11.8 Å². The van der Waals surface area contributed by atoms with Gasteiger partial charge in [-0.1, -0.05) is 30.3 Å². The molecule has 19 heavy (non-hydrogen) atoms. The van der Waals surface area contributed by atoms with Crippen LogP contribution in [0.1, 0.15) is 11.6 Å². The Morgan fingerprint density at radius 2 is 1.89 bits per heavy atom. The zero-order valence-electron chi connectivity index (χ0n) is 10.3. The van der Waals surface area contributed by atoms with Crippen LogP contribution >= 0.6 is 11.8 Å². The number of ether oxygens (including phenoxy) is 1. The second-order valence-corrected chi connectivity index (χ2v) is 5.52. The Balaban J connectivity index is 1.83. The molecule has 0 aliphatic carbocycles. The second kappa shape index (κ2) is 5.23. The van der Waals surface area contributed by atoms with Gasteiger partial charge in [-0.3, -0.25) is 0 Å². The predicted molar refractivity (Wildman–Crippen MR) is 74.9 cm³/mol. The van der Waals surface area contributed by atoms with Crippen LogP contribution in [0.15, 0.2) is 53.4 Å². The molecule has 98 valence electrons. The number of halogens is 1. The van der Waals surface area contributed by atoms with Crippen molar-refractivity contribution in [1.82, 2.24) is 0 Å². The van der Waals surface area contributed by atoms with Crippen LogP contribution in [0.4, 0.5) is 4.39 Å². The van der Waals surface area contributed by atoms with Gasteiger partial charge in [-0.2, -0.15) is 0 Å². The number of benzene rings is 2. The van der Waals surface area contributed by atoms with Gasteiger partial charge in [-0.15, -0.1) is 11.8 Å². The Labute approximate surface area is 115 Å². The summed E-state index contributed by atoms with van der Waals surface area (Å²) in [6, 6.07) is 14.0. The van der Waals surface area contributed by atoms with Crippen molar-refractivity contribution in [1.29, 1.82) is 0 Å². The van der Waals surface area contributed by atoms with E-state index in [9.17, 15) is 4.39 Å². The number of hydrogen-bond donors (Lipinski definition) is 1. The third kappa shape index (κ3) is 2.46. The molecule has 2 nitrogen and oxygen atoms in total. The van der Waals surface area contributed by atoms with Crippen molar-refractivity contribution in [3.8, 4) is 5.75 Å².